The van der Waals surface area contributed by atoms with Crippen LogP contribution in [0, 0.1) is 0 Å². The molecule has 4 rings (SSSR count). The molecule has 28 heavy (non-hydrogen) atoms. The Kier molecular flexibility index (Phi) is 5.07. The number of tetrazole rings is 1. The topological polar surface area (TPSA) is 90.2 Å². The third kappa shape index (κ3) is 3.24. The molecule has 0 radical (unpaired) electrons. The second-order valence-electron chi connectivity index (χ2n) is 6.05. The third-order valence-electron chi connectivity index (χ3n) is 4.39. The van der Waals surface area contributed by atoms with Gasteiger partial charge in [0, 0.05) is 12.3 Å². The Morgan fingerprint density at radius 1 is 1.00 bits per heavy atom. The summed E-state index contributed by atoms with van der Waals surface area (Å²) in [6.07, 6.45) is 0.634. The molecule has 8 nitrogen and oxygen atoms in total. The Labute approximate surface area is 165 Å². The van der Waals surface area contributed by atoms with Crippen molar-refractivity contribution >= 4 is 23.6 Å². The van der Waals surface area contributed by atoms with E-state index in [2.05, 4.69) is 15.5 Å². The Balaban J connectivity index is 1.38. The van der Waals surface area contributed by atoms with E-state index < -0.39 is 0 Å². The number of imide groups is 1. The van der Waals surface area contributed by atoms with Crippen LogP contribution in [0.1, 0.15) is 27.1 Å². The van der Waals surface area contributed by atoms with Gasteiger partial charge in [-0.1, -0.05) is 36.0 Å². The summed E-state index contributed by atoms with van der Waals surface area (Å²) in [6, 6.07) is 14.4. The van der Waals surface area contributed by atoms with Crippen molar-refractivity contribution in [2.45, 2.75) is 11.6 Å². The van der Waals surface area contributed by atoms with Crippen LogP contribution in [-0.4, -0.2) is 56.3 Å². The number of carbonyl (C=O) groups excluding carboxylic acids is 2. The second-order valence-corrected chi connectivity index (χ2v) is 7.12. The van der Waals surface area contributed by atoms with Crippen molar-refractivity contribution in [1.29, 1.82) is 0 Å². The first kappa shape index (κ1) is 18.2. The van der Waals surface area contributed by atoms with Crippen LogP contribution in [0.5, 0.6) is 5.75 Å². The van der Waals surface area contributed by atoms with Gasteiger partial charge in [-0.05, 0) is 41.1 Å². The molecule has 0 spiro atoms. The highest BCUT2D eigenvalue weighted by molar-refractivity contribution is 7.99. The van der Waals surface area contributed by atoms with Crippen LogP contribution >= 0.6 is 11.8 Å². The molecule has 2 amide bonds. The summed E-state index contributed by atoms with van der Waals surface area (Å²) in [5.74, 6) is 0.861. The maximum atomic E-state index is 12.4. The van der Waals surface area contributed by atoms with Crippen LogP contribution in [0.15, 0.2) is 53.7 Å². The minimum absolute atomic E-state index is 0.232. The zero-order valence-electron chi connectivity index (χ0n) is 15.1. The van der Waals surface area contributed by atoms with Crippen molar-refractivity contribution < 1.29 is 14.3 Å². The molecule has 0 bridgehead atoms. The fraction of sp³-hybridized carbons (Fsp3) is 0.211. The van der Waals surface area contributed by atoms with E-state index in [0.29, 0.717) is 40.8 Å². The number of hydrogen-bond acceptors (Lipinski definition) is 7. The molecule has 0 unspecified atom stereocenters. The van der Waals surface area contributed by atoms with E-state index in [-0.39, 0.29) is 11.8 Å². The summed E-state index contributed by atoms with van der Waals surface area (Å²) in [7, 11) is 1.60. The second kappa shape index (κ2) is 7.81. The van der Waals surface area contributed by atoms with Crippen LogP contribution in [0.2, 0.25) is 0 Å². The molecule has 9 heteroatoms. The summed E-state index contributed by atoms with van der Waals surface area (Å²) >= 11 is 1.46. The monoisotopic (exact) mass is 395 g/mol. The SMILES string of the molecule is COc1ccccc1-n1nnnc1SCCCN1C(=O)c2ccccc2C1=O. The van der Waals surface area contributed by atoms with E-state index in [1.807, 2.05) is 24.3 Å². The van der Waals surface area contributed by atoms with E-state index in [1.165, 1.54) is 16.7 Å². The van der Waals surface area contributed by atoms with Crippen LogP contribution in [-0.2, 0) is 0 Å². The molecule has 0 fully saturated rings. The first-order valence-corrected chi connectivity index (χ1v) is 9.69. The van der Waals surface area contributed by atoms with E-state index in [4.69, 9.17) is 4.74 Å². The van der Waals surface area contributed by atoms with Gasteiger partial charge >= 0.3 is 0 Å². The Morgan fingerprint density at radius 3 is 2.39 bits per heavy atom. The Hall–Kier alpha value is -3.20. The maximum Gasteiger partial charge on any atom is 0.261 e. The smallest absolute Gasteiger partial charge is 0.261 e. The summed E-state index contributed by atoms with van der Waals surface area (Å²) in [5, 5.41) is 12.5. The number of hydrogen-bond donors (Lipinski definition) is 0. The van der Waals surface area contributed by atoms with E-state index in [0.717, 1.165) is 5.69 Å². The van der Waals surface area contributed by atoms with Gasteiger partial charge in [-0.3, -0.25) is 14.5 Å². The Morgan fingerprint density at radius 2 is 1.68 bits per heavy atom. The van der Waals surface area contributed by atoms with Gasteiger partial charge in [-0.25, -0.2) is 0 Å². The lowest BCUT2D eigenvalue weighted by molar-refractivity contribution is 0.0655. The summed E-state index contributed by atoms with van der Waals surface area (Å²) in [6.45, 7) is 0.357. The van der Waals surface area contributed by atoms with Crippen LogP contribution < -0.4 is 4.74 Å². The van der Waals surface area contributed by atoms with E-state index in [1.54, 1.807) is 36.1 Å². The van der Waals surface area contributed by atoms with Gasteiger partial charge < -0.3 is 4.74 Å². The van der Waals surface area contributed by atoms with Crippen LogP contribution in [0.3, 0.4) is 0 Å². The number of para-hydroxylation sites is 2. The fourth-order valence-electron chi connectivity index (χ4n) is 3.05. The molecule has 1 aliphatic heterocycles. The number of aromatic nitrogens is 4. The molecule has 0 saturated heterocycles. The highest BCUT2D eigenvalue weighted by Crippen LogP contribution is 2.26. The number of rotatable bonds is 7. The average molecular weight is 395 g/mol. The molecule has 0 aliphatic carbocycles. The number of carbonyl (C=O) groups is 2. The van der Waals surface area contributed by atoms with Gasteiger partial charge in [0.25, 0.3) is 11.8 Å². The number of benzene rings is 2. The predicted octanol–water partition coefficient (Wildman–Crippen LogP) is 2.45. The molecule has 0 atom stereocenters. The van der Waals surface area contributed by atoms with Gasteiger partial charge in [-0.2, -0.15) is 4.68 Å². The van der Waals surface area contributed by atoms with Gasteiger partial charge in [0.05, 0.1) is 18.2 Å². The lowest BCUT2D eigenvalue weighted by Gasteiger charge is -2.13. The quantitative estimate of drug-likeness (QED) is 0.345. The molecule has 142 valence electrons. The van der Waals surface area contributed by atoms with Crippen molar-refractivity contribution in [3.8, 4) is 11.4 Å². The Bertz CT molecular complexity index is 1000. The van der Waals surface area contributed by atoms with Crippen LogP contribution in [0.4, 0.5) is 0 Å². The standard InChI is InChI=1S/C19H17N5O3S/c1-27-16-10-5-4-9-15(16)24-19(20-21-22-24)28-12-6-11-23-17(25)13-7-2-3-8-14(13)18(23)26/h2-5,7-10H,6,11-12H2,1H3. The van der Waals surface area contributed by atoms with Crippen molar-refractivity contribution in [2.75, 3.05) is 19.4 Å². The number of nitrogens with zero attached hydrogens (tertiary/aromatic N) is 5. The number of fused-ring (bicyclic) bond motifs is 1. The number of amides is 2. The third-order valence-corrected chi connectivity index (χ3v) is 5.40. The van der Waals surface area contributed by atoms with E-state index >= 15 is 0 Å². The van der Waals surface area contributed by atoms with Crippen molar-refractivity contribution in [1.82, 2.24) is 25.1 Å². The molecule has 2 heterocycles. The molecular formula is C19H17N5O3S. The minimum Gasteiger partial charge on any atom is -0.494 e. The van der Waals surface area contributed by atoms with Crippen molar-refractivity contribution in [3.63, 3.8) is 0 Å². The number of ether oxygens (including phenoxy) is 1. The van der Waals surface area contributed by atoms with Gasteiger partial charge in [0.2, 0.25) is 5.16 Å². The predicted molar refractivity (Wildman–Crippen MR) is 103 cm³/mol. The molecule has 1 aromatic heterocycles. The maximum absolute atomic E-state index is 12.4. The van der Waals surface area contributed by atoms with Crippen molar-refractivity contribution in [3.05, 3.63) is 59.7 Å². The molecular weight excluding hydrogens is 378 g/mol. The fourth-order valence-corrected chi connectivity index (χ4v) is 3.86. The lowest BCUT2D eigenvalue weighted by Crippen LogP contribution is -2.31. The lowest BCUT2D eigenvalue weighted by atomic mass is 10.1. The highest BCUT2D eigenvalue weighted by Gasteiger charge is 2.34. The minimum atomic E-state index is -0.232. The summed E-state index contributed by atoms with van der Waals surface area (Å²) < 4.78 is 6.98. The molecule has 2 aromatic carbocycles. The number of methoxy groups -OCH3 is 1. The molecule has 1 aliphatic rings. The van der Waals surface area contributed by atoms with Crippen molar-refractivity contribution in [2.24, 2.45) is 0 Å². The molecule has 0 N–H and O–H groups in total. The zero-order valence-corrected chi connectivity index (χ0v) is 15.9. The zero-order chi connectivity index (χ0) is 19.5. The molecule has 0 saturated carbocycles. The largest absolute Gasteiger partial charge is 0.494 e. The first-order chi connectivity index (χ1) is 13.7. The van der Waals surface area contributed by atoms with Crippen LogP contribution in [0.25, 0.3) is 5.69 Å². The molecule has 3 aromatic rings. The first-order valence-electron chi connectivity index (χ1n) is 8.70. The van der Waals surface area contributed by atoms with Gasteiger partial charge in [0.15, 0.2) is 0 Å². The normalized spacial score (nSPS) is 13.1. The number of thioether (sulfide) groups is 1. The van der Waals surface area contributed by atoms with Gasteiger partial charge in [0.1, 0.15) is 11.4 Å². The summed E-state index contributed by atoms with van der Waals surface area (Å²) in [5.41, 5.74) is 1.69. The van der Waals surface area contributed by atoms with E-state index in [9.17, 15) is 9.59 Å². The highest BCUT2D eigenvalue weighted by atomic mass is 32.2. The van der Waals surface area contributed by atoms with Gasteiger partial charge in [-0.15, -0.1) is 5.10 Å². The summed E-state index contributed by atoms with van der Waals surface area (Å²) in [4.78, 5) is 26.1. The average Bonchev–Trinajstić information content (AvgIpc) is 3.29.